The van der Waals surface area contributed by atoms with Crippen molar-refractivity contribution < 1.29 is 23.9 Å². The van der Waals surface area contributed by atoms with Crippen molar-refractivity contribution in [1.29, 1.82) is 0 Å². The lowest BCUT2D eigenvalue weighted by atomic mass is 10.0. The van der Waals surface area contributed by atoms with Crippen molar-refractivity contribution in [2.75, 3.05) is 30.0 Å². The lowest BCUT2D eigenvalue weighted by Gasteiger charge is -2.17. The average molecular weight is 530 g/mol. The van der Waals surface area contributed by atoms with Gasteiger partial charge >= 0.3 is 0 Å². The molecule has 4 rings (SSSR count). The third-order valence-corrected chi connectivity index (χ3v) is 6.58. The molecule has 2 N–H and O–H groups in total. The fourth-order valence-corrected chi connectivity index (χ4v) is 4.36. The SMILES string of the molecule is CCOc1ccc(NC(=O)COc2ccc(N3C[C@@H](C(=O)NCc4ccc(C(C)C)cc4)CC3=O)cc2)cc1. The minimum absolute atomic E-state index is 0.0974. The van der Waals surface area contributed by atoms with Gasteiger partial charge in [0.2, 0.25) is 11.8 Å². The Bertz CT molecular complexity index is 1270. The number of amides is 3. The number of carbonyl (C=O) groups is 3. The van der Waals surface area contributed by atoms with Crippen molar-refractivity contribution in [2.24, 2.45) is 5.92 Å². The standard InChI is InChI=1S/C31H35N3O5/c1-4-38-27-13-9-25(10-14-27)33-29(35)20-39-28-15-11-26(12-16-28)34-19-24(17-30(34)36)31(37)32-18-22-5-7-23(8-6-22)21(2)3/h5-16,21,24H,4,17-20H2,1-3H3,(H,32,37)(H,33,35)/t24-/m0/s1. The zero-order valence-electron chi connectivity index (χ0n) is 22.6. The number of nitrogens with zero attached hydrogens (tertiary/aromatic N) is 1. The van der Waals surface area contributed by atoms with Crippen LogP contribution in [0.15, 0.2) is 72.8 Å². The minimum atomic E-state index is -0.408. The highest BCUT2D eigenvalue weighted by Crippen LogP contribution is 2.27. The molecular weight excluding hydrogens is 494 g/mol. The lowest BCUT2D eigenvalue weighted by Crippen LogP contribution is -2.32. The molecule has 0 bridgehead atoms. The van der Waals surface area contributed by atoms with E-state index in [4.69, 9.17) is 9.47 Å². The lowest BCUT2D eigenvalue weighted by molar-refractivity contribution is -0.126. The second kappa shape index (κ2) is 13.0. The summed E-state index contributed by atoms with van der Waals surface area (Å²) in [5.41, 5.74) is 3.62. The summed E-state index contributed by atoms with van der Waals surface area (Å²) >= 11 is 0. The number of nitrogens with one attached hydrogen (secondary N) is 2. The number of hydrogen-bond acceptors (Lipinski definition) is 5. The molecule has 1 aliphatic rings. The van der Waals surface area contributed by atoms with E-state index in [0.717, 1.165) is 11.3 Å². The molecule has 3 aromatic carbocycles. The summed E-state index contributed by atoms with van der Waals surface area (Å²) in [6.45, 7) is 7.37. The van der Waals surface area contributed by atoms with Gasteiger partial charge in [-0.1, -0.05) is 38.1 Å². The molecule has 1 saturated heterocycles. The van der Waals surface area contributed by atoms with Gasteiger partial charge in [0.1, 0.15) is 11.5 Å². The quantitative estimate of drug-likeness (QED) is 0.369. The van der Waals surface area contributed by atoms with Crippen molar-refractivity contribution in [1.82, 2.24) is 5.32 Å². The number of rotatable bonds is 11. The Morgan fingerprint density at radius 1 is 0.923 bits per heavy atom. The maximum Gasteiger partial charge on any atom is 0.262 e. The zero-order valence-corrected chi connectivity index (χ0v) is 22.6. The van der Waals surface area contributed by atoms with Gasteiger partial charge in [-0.25, -0.2) is 0 Å². The van der Waals surface area contributed by atoms with Gasteiger partial charge < -0.3 is 25.0 Å². The number of ether oxygens (including phenoxy) is 2. The van der Waals surface area contributed by atoms with Gasteiger partial charge in [-0.15, -0.1) is 0 Å². The van der Waals surface area contributed by atoms with E-state index in [-0.39, 0.29) is 30.7 Å². The molecule has 39 heavy (non-hydrogen) atoms. The fraction of sp³-hybridized carbons (Fsp3) is 0.323. The molecule has 0 aliphatic carbocycles. The highest BCUT2D eigenvalue weighted by molar-refractivity contribution is 6.00. The molecule has 1 atom stereocenters. The van der Waals surface area contributed by atoms with E-state index >= 15 is 0 Å². The van der Waals surface area contributed by atoms with Crippen molar-refractivity contribution in [3.8, 4) is 11.5 Å². The van der Waals surface area contributed by atoms with Gasteiger partial charge in [-0.05, 0) is 72.5 Å². The first-order valence-corrected chi connectivity index (χ1v) is 13.2. The Balaban J connectivity index is 1.23. The molecule has 204 valence electrons. The molecule has 8 nitrogen and oxygen atoms in total. The molecule has 0 radical (unpaired) electrons. The first-order valence-electron chi connectivity index (χ1n) is 13.2. The molecule has 1 heterocycles. The fourth-order valence-electron chi connectivity index (χ4n) is 4.36. The summed E-state index contributed by atoms with van der Waals surface area (Å²) < 4.78 is 11.0. The van der Waals surface area contributed by atoms with E-state index in [1.54, 1.807) is 53.4 Å². The van der Waals surface area contributed by atoms with Crippen LogP contribution in [0.25, 0.3) is 0 Å². The maximum atomic E-state index is 12.7. The highest BCUT2D eigenvalue weighted by Gasteiger charge is 2.35. The molecular formula is C31H35N3O5. The topological polar surface area (TPSA) is 97.0 Å². The van der Waals surface area contributed by atoms with Crippen LogP contribution < -0.4 is 25.0 Å². The summed E-state index contributed by atoms with van der Waals surface area (Å²) in [7, 11) is 0. The number of anilines is 2. The minimum Gasteiger partial charge on any atom is -0.494 e. The molecule has 0 spiro atoms. The van der Waals surface area contributed by atoms with Crippen molar-refractivity contribution in [2.45, 2.75) is 39.7 Å². The third kappa shape index (κ3) is 7.60. The van der Waals surface area contributed by atoms with Crippen LogP contribution in [0.4, 0.5) is 11.4 Å². The van der Waals surface area contributed by atoms with Gasteiger partial charge in [0.05, 0.1) is 12.5 Å². The first kappa shape index (κ1) is 27.7. The summed E-state index contributed by atoms with van der Waals surface area (Å²) in [4.78, 5) is 39.3. The van der Waals surface area contributed by atoms with Crippen LogP contribution in [0.1, 0.15) is 44.2 Å². The molecule has 0 unspecified atom stereocenters. The second-order valence-corrected chi connectivity index (χ2v) is 9.81. The van der Waals surface area contributed by atoms with Gasteiger partial charge in [-0.3, -0.25) is 14.4 Å². The summed E-state index contributed by atoms with van der Waals surface area (Å²) in [5, 5.41) is 5.74. The van der Waals surface area contributed by atoms with Crippen molar-refractivity contribution in [3.05, 3.63) is 83.9 Å². The number of hydrogen-bond donors (Lipinski definition) is 2. The molecule has 1 aliphatic heterocycles. The van der Waals surface area contributed by atoms with Crippen LogP contribution in [0.3, 0.4) is 0 Å². The van der Waals surface area contributed by atoms with Crippen LogP contribution in [-0.2, 0) is 20.9 Å². The molecule has 8 heteroatoms. The Kier molecular flexibility index (Phi) is 9.20. The van der Waals surface area contributed by atoms with Gasteiger partial charge in [0.15, 0.2) is 6.61 Å². The Hall–Kier alpha value is -4.33. The zero-order chi connectivity index (χ0) is 27.8. The van der Waals surface area contributed by atoms with Crippen LogP contribution in [0.2, 0.25) is 0 Å². The predicted octanol–water partition coefficient (Wildman–Crippen LogP) is 4.90. The number of carbonyl (C=O) groups excluding carboxylic acids is 3. The van der Waals surface area contributed by atoms with Gasteiger partial charge in [0, 0.05) is 30.9 Å². The van der Waals surface area contributed by atoms with E-state index in [2.05, 4.69) is 36.6 Å². The summed E-state index contributed by atoms with van der Waals surface area (Å²) in [5.74, 6) is 0.779. The third-order valence-electron chi connectivity index (χ3n) is 6.58. The van der Waals surface area contributed by atoms with Crippen molar-refractivity contribution in [3.63, 3.8) is 0 Å². The van der Waals surface area contributed by atoms with Crippen LogP contribution in [0, 0.1) is 5.92 Å². The molecule has 0 aromatic heterocycles. The first-order chi connectivity index (χ1) is 18.8. The molecule has 0 saturated carbocycles. The average Bonchev–Trinajstić information content (AvgIpc) is 3.34. The van der Waals surface area contributed by atoms with Crippen LogP contribution >= 0.6 is 0 Å². The van der Waals surface area contributed by atoms with E-state index < -0.39 is 5.92 Å². The maximum absolute atomic E-state index is 12.7. The van der Waals surface area contributed by atoms with E-state index in [1.165, 1.54) is 5.56 Å². The molecule has 1 fully saturated rings. The van der Waals surface area contributed by atoms with Crippen molar-refractivity contribution >= 4 is 29.1 Å². The second-order valence-electron chi connectivity index (χ2n) is 9.81. The van der Waals surface area contributed by atoms with Crippen LogP contribution in [-0.4, -0.2) is 37.5 Å². The molecule has 3 aromatic rings. The molecule has 3 amide bonds. The Morgan fingerprint density at radius 2 is 1.56 bits per heavy atom. The highest BCUT2D eigenvalue weighted by atomic mass is 16.5. The Labute approximate surface area is 229 Å². The smallest absolute Gasteiger partial charge is 0.262 e. The summed E-state index contributed by atoms with van der Waals surface area (Å²) in [6, 6.07) is 22.2. The van der Waals surface area contributed by atoms with Gasteiger partial charge in [0.25, 0.3) is 5.91 Å². The predicted molar refractivity (Wildman–Crippen MR) is 151 cm³/mol. The number of benzene rings is 3. The van der Waals surface area contributed by atoms with Crippen LogP contribution in [0.5, 0.6) is 11.5 Å². The Morgan fingerprint density at radius 3 is 2.21 bits per heavy atom. The van der Waals surface area contributed by atoms with E-state index in [1.807, 2.05) is 19.1 Å². The van der Waals surface area contributed by atoms with Gasteiger partial charge in [-0.2, -0.15) is 0 Å². The largest absolute Gasteiger partial charge is 0.494 e. The summed E-state index contributed by atoms with van der Waals surface area (Å²) in [6.07, 6.45) is 0.169. The normalized spacial score (nSPS) is 14.8. The van der Waals surface area contributed by atoms with E-state index in [0.29, 0.717) is 42.7 Å². The monoisotopic (exact) mass is 529 g/mol. The van der Waals surface area contributed by atoms with E-state index in [9.17, 15) is 14.4 Å².